The first-order valence-electron chi connectivity index (χ1n) is 7.92. The Morgan fingerprint density at radius 2 is 1.50 bits per heavy atom. The van der Waals surface area contributed by atoms with Crippen molar-refractivity contribution in [3.05, 3.63) is 71.8 Å². The van der Waals surface area contributed by atoms with E-state index in [2.05, 4.69) is 0 Å². The Balaban J connectivity index is 2.26. The zero-order chi connectivity index (χ0) is 17.4. The molecule has 0 aliphatic carbocycles. The number of nitrogens with zero attached hydrogens (tertiary/aromatic N) is 1. The smallest absolute Gasteiger partial charge is 0.326 e. The van der Waals surface area contributed by atoms with E-state index < -0.39 is 12.0 Å². The van der Waals surface area contributed by atoms with E-state index in [1.54, 1.807) is 0 Å². The van der Waals surface area contributed by atoms with Gasteiger partial charge < -0.3 is 15.7 Å². The van der Waals surface area contributed by atoms with Crippen LogP contribution < -0.4 is 5.73 Å². The van der Waals surface area contributed by atoms with E-state index in [9.17, 15) is 14.7 Å². The average Bonchev–Trinajstić information content (AvgIpc) is 2.60. The van der Waals surface area contributed by atoms with Gasteiger partial charge in [0.1, 0.15) is 6.04 Å². The Bertz CT molecular complexity index is 659. The second-order valence-electron chi connectivity index (χ2n) is 5.59. The maximum Gasteiger partial charge on any atom is 0.326 e. The molecule has 0 unspecified atom stereocenters. The van der Waals surface area contributed by atoms with Crippen LogP contribution in [-0.2, 0) is 22.6 Å². The van der Waals surface area contributed by atoms with Crippen LogP contribution in [-0.4, -0.2) is 34.5 Å². The molecule has 3 N–H and O–H groups in total. The fourth-order valence-electron chi connectivity index (χ4n) is 2.59. The van der Waals surface area contributed by atoms with Crippen molar-refractivity contribution in [2.24, 2.45) is 5.73 Å². The zero-order valence-corrected chi connectivity index (χ0v) is 13.5. The second-order valence-corrected chi connectivity index (χ2v) is 5.59. The van der Waals surface area contributed by atoms with Crippen molar-refractivity contribution in [3.8, 4) is 0 Å². The number of rotatable bonds is 8. The molecule has 0 saturated carbocycles. The Morgan fingerprint density at radius 3 is 2.00 bits per heavy atom. The lowest BCUT2D eigenvalue weighted by molar-refractivity contribution is -0.150. The fourth-order valence-corrected chi connectivity index (χ4v) is 2.59. The van der Waals surface area contributed by atoms with E-state index in [1.807, 2.05) is 60.7 Å². The highest BCUT2D eigenvalue weighted by molar-refractivity contribution is 5.84. The van der Waals surface area contributed by atoms with Crippen LogP contribution in [0.4, 0.5) is 0 Å². The minimum atomic E-state index is -1.01. The van der Waals surface area contributed by atoms with Gasteiger partial charge in [-0.15, -0.1) is 0 Å². The highest BCUT2D eigenvalue weighted by atomic mass is 16.4. The van der Waals surface area contributed by atoms with Gasteiger partial charge in [-0.25, -0.2) is 4.79 Å². The van der Waals surface area contributed by atoms with Crippen LogP contribution in [0.5, 0.6) is 0 Å². The maximum absolute atomic E-state index is 12.5. The zero-order valence-electron chi connectivity index (χ0n) is 13.5. The molecule has 0 radical (unpaired) electrons. The van der Waals surface area contributed by atoms with Crippen LogP contribution >= 0.6 is 0 Å². The van der Waals surface area contributed by atoms with Gasteiger partial charge in [0.25, 0.3) is 0 Å². The SMILES string of the molecule is NCCC(=O)N(Cc1ccccc1)[C@@H](Cc1ccccc1)C(=O)O. The molecule has 2 rings (SSSR count). The molecule has 0 aliphatic rings. The van der Waals surface area contributed by atoms with Crippen molar-refractivity contribution >= 4 is 11.9 Å². The quantitative estimate of drug-likeness (QED) is 0.778. The molecule has 5 heteroatoms. The van der Waals surface area contributed by atoms with Crippen molar-refractivity contribution < 1.29 is 14.7 Å². The summed E-state index contributed by atoms with van der Waals surface area (Å²) in [7, 11) is 0. The lowest BCUT2D eigenvalue weighted by atomic mass is 10.0. The molecule has 5 nitrogen and oxygen atoms in total. The molecule has 0 heterocycles. The first-order valence-corrected chi connectivity index (χ1v) is 7.92. The largest absolute Gasteiger partial charge is 0.480 e. The summed E-state index contributed by atoms with van der Waals surface area (Å²) in [6.07, 6.45) is 0.394. The predicted molar refractivity (Wildman–Crippen MR) is 92.2 cm³/mol. The lowest BCUT2D eigenvalue weighted by Crippen LogP contribution is -2.46. The van der Waals surface area contributed by atoms with Crippen LogP contribution in [0.15, 0.2) is 60.7 Å². The maximum atomic E-state index is 12.5. The Morgan fingerprint density at radius 1 is 0.958 bits per heavy atom. The van der Waals surface area contributed by atoms with E-state index in [4.69, 9.17) is 5.73 Å². The van der Waals surface area contributed by atoms with Crippen molar-refractivity contribution in [3.63, 3.8) is 0 Å². The number of carboxylic acid groups (broad SMARTS) is 1. The highest BCUT2D eigenvalue weighted by Gasteiger charge is 2.29. The molecule has 1 amide bonds. The van der Waals surface area contributed by atoms with Gasteiger partial charge in [0, 0.05) is 25.9 Å². The van der Waals surface area contributed by atoms with Gasteiger partial charge in [0.2, 0.25) is 5.91 Å². The number of hydrogen-bond donors (Lipinski definition) is 2. The molecule has 0 saturated heterocycles. The van der Waals surface area contributed by atoms with E-state index >= 15 is 0 Å². The molecule has 0 spiro atoms. The van der Waals surface area contributed by atoms with Crippen LogP contribution in [0.25, 0.3) is 0 Å². The third kappa shape index (κ3) is 4.93. The summed E-state index contributed by atoms with van der Waals surface area (Å²) >= 11 is 0. The summed E-state index contributed by atoms with van der Waals surface area (Å²) in [6, 6.07) is 17.8. The van der Waals surface area contributed by atoms with E-state index in [1.165, 1.54) is 4.90 Å². The number of carbonyl (C=O) groups is 2. The number of benzene rings is 2. The molecular formula is C19H22N2O3. The number of amides is 1. The number of aliphatic carboxylic acids is 1. The summed E-state index contributed by atoms with van der Waals surface area (Å²) in [5.41, 5.74) is 7.26. The predicted octanol–water partition coefficient (Wildman–Crippen LogP) is 2.06. The molecule has 0 fully saturated rings. The summed E-state index contributed by atoms with van der Waals surface area (Å²) in [4.78, 5) is 25.7. The molecule has 2 aromatic carbocycles. The third-order valence-corrected chi connectivity index (χ3v) is 3.81. The first-order chi connectivity index (χ1) is 11.6. The Labute approximate surface area is 141 Å². The molecule has 0 aromatic heterocycles. The molecule has 0 aliphatic heterocycles. The number of carboxylic acids is 1. The third-order valence-electron chi connectivity index (χ3n) is 3.81. The normalized spacial score (nSPS) is 11.7. The Hall–Kier alpha value is -2.66. The monoisotopic (exact) mass is 326 g/mol. The average molecular weight is 326 g/mol. The summed E-state index contributed by atoms with van der Waals surface area (Å²) < 4.78 is 0. The van der Waals surface area contributed by atoms with Crippen molar-refractivity contribution in [1.29, 1.82) is 0 Å². The first kappa shape index (κ1) is 17.7. The summed E-state index contributed by atoms with van der Waals surface area (Å²) in [5.74, 6) is -1.26. The van der Waals surface area contributed by atoms with Crippen LogP contribution in [0.3, 0.4) is 0 Å². The minimum absolute atomic E-state index is 0.130. The summed E-state index contributed by atoms with van der Waals surface area (Å²) in [6.45, 7) is 0.450. The van der Waals surface area contributed by atoms with Gasteiger partial charge in [-0.1, -0.05) is 60.7 Å². The van der Waals surface area contributed by atoms with Crippen LogP contribution in [0.1, 0.15) is 17.5 Å². The molecule has 0 bridgehead atoms. The second kappa shape index (κ2) is 8.84. The fraction of sp³-hybridized carbons (Fsp3) is 0.263. The standard InChI is InChI=1S/C19H22N2O3/c20-12-11-18(22)21(14-16-9-5-2-6-10-16)17(19(23)24)13-15-7-3-1-4-8-15/h1-10,17H,11-14,20H2,(H,23,24)/t17-/m0/s1. The topological polar surface area (TPSA) is 83.6 Å². The van der Waals surface area contributed by atoms with Gasteiger partial charge in [-0.05, 0) is 11.1 Å². The van der Waals surface area contributed by atoms with Gasteiger partial charge in [0.05, 0.1) is 0 Å². The molecule has 1 atom stereocenters. The van der Waals surface area contributed by atoms with Crippen molar-refractivity contribution in [2.45, 2.75) is 25.4 Å². The molecule has 126 valence electrons. The Kier molecular flexibility index (Phi) is 6.51. The van der Waals surface area contributed by atoms with E-state index in [-0.39, 0.29) is 31.8 Å². The van der Waals surface area contributed by atoms with Gasteiger partial charge in [0.15, 0.2) is 0 Å². The number of nitrogens with two attached hydrogens (primary N) is 1. The van der Waals surface area contributed by atoms with Gasteiger partial charge in [-0.2, -0.15) is 0 Å². The molecule has 24 heavy (non-hydrogen) atoms. The van der Waals surface area contributed by atoms with Gasteiger partial charge >= 0.3 is 5.97 Å². The van der Waals surface area contributed by atoms with Crippen molar-refractivity contribution in [1.82, 2.24) is 4.90 Å². The van der Waals surface area contributed by atoms with Crippen molar-refractivity contribution in [2.75, 3.05) is 6.54 Å². The summed E-state index contributed by atoms with van der Waals surface area (Å²) in [5, 5.41) is 9.67. The van der Waals surface area contributed by atoms with E-state index in [0.29, 0.717) is 0 Å². The molecular weight excluding hydrogens is 304 g/mol. The number of carbonyl (C=O) groups excluding carboxylic acids is 1. The minimum Gasteiger partial charge on any atom is -0.480 e. The van der Waals surface area contributed by atoms with Crippen LogP contribution in [0.2, 0.25) is 0 Å². The lowest BCUT2D eigenvalue weighted by Gasteiger charge is -2.29. The van der Waals surface area contributed by atoms with Crippen LogP contribution in [0, 0.1) is 0 Å². The van der Waals surface area contributed by atoms with Gasteiger partial charge in [-0.3, -0.25) is 4.79 Å². The highest BCUT2D eigenvalue weighted by Crippen LogP contribution is 2.15. The van der Waals surface area contributed by atoms with E-state index in [0.717, 1.165) is 11.1 Å². The molecule has 2 aromatic rings. The number of hydrogen-bond acceptors (Lipinski definition) is 3.